The topological polar surface area (TPSA) is 104 Å². The van der Waals surface area contributed by atoms with Crippen LogP contribution in [0.15, 0.2) is 109 Å². The zero-order valence-corrected chi connectivity index (χ0v) is 18.0. The number of hydrogen-bond acceptors (Lipinski definition) is 4. The molecule has 0 aliphatic carbocycles. The van der Waals surface area contributed by atoms with Gasteiger partial charge in [0.15, 0.2) is 0 Å². The van der Waals surface area contributed by atoms with Crippen molar-refractivity contribution in [1.82, 2.24) is 0 Å². The highest BCUT2D eigenvalue weighted by atomic mass is 14.8. The quantitative estimate of drug-likeness (QED) is 0.255. The number of benzene rings is 4. The number of anilines is 2. The van der Waals surface area contributed by atoms with Crippen LogP contribution in [0.25, 0.3) is 12.2 Å². The van der Waals surface area contributed by atoms with Crippen molar-refractivity contribution in [1.29, 1.82) is 0 Å². The van der Waals surface area contributed by atoms with Crippen LogP contribution in [-0.4, -0.2) is 0 Å². The van der Waals surface area contributed by atoms with E-state index in [2.05, 4.69) is 0 Å². The first-order valence-electron chi connectivity index (χ1n) is 10.5. The number of para-hydroxylation sites is 1. The van der Waals surface area contributed by atoms with Gasteiger partial charge < -0.3 is 22.9 Å². The van der Waals surface area contributed by atoms with Crippen molar-refractivity contribution >= 4 is 23.5 Å². The second-order valence-corrected chi connectivity index (χ2v) is 7.47. The summed E-state index contributed by atoms with van der Waals surface area (Å²) in [6.45, 7) is 0. The summed E-state index contributed by atoms with van der Waals surface area (Å²) in [7, 11) is 0. The van der Waals surface area contributed by atoms with Crippen LogP contribution in [0.5, 0.6) is 0 Å². The number of nitrogen functional groups attached to an aromatic ring is 2. The Balaban J connectivity index is 0.000000181. The van der Waals surface area contributed by atoms with Gasteiger partial charge in [-0.05, 0) is 28.3 Å². The van der Waals surface area contributed by atoms with Crippen LogP contribution in [0.4, 0.5) is 11.4 Å². The lowest BCUT2D eigenvalue weighted by Crippen LogP contribution is -2.26. The molecule has 0 spiro atoms. The first-order valence-corrected chi connectivity index (χ1v) is 10.5. The van der Waals surface area contributed by atoms with E-state index in [1.165, 1.54) is 0 Å². The first kappa shape index (κ1) is 22.8. The molecule has 0 aliphatic rings. The molecule has 0 bridgehead atoms. The van der Waals surface area contributed by atoms with E-state index in [1.54, 1.807) is 6.07 Å². The van der Waals surface area contributed by atoms with Gasteiger partial charge in [0.25, 0.3) is 0 Å². The van der Waals surface area contributed by atoms with E-state index < -0.39 is 0 Å². The molecule has 2 atom stereocenters. The third-order valence-electron chi connectivity index (χ3n) is 5.18. The van der Waals surface area contributed by atoms with E-state index in [0.29, 0.717) is 11.4 Å². The average molecular weight is 423 g/mol. The molecule has 0 aromatic heterocycles. The summed E-state index contributed by atoms with van der Waals surface area (Å²) in [5, 5.41) is 0. The third kappa shape index (κ3) is 6.32. The Hall–Kier alpha value is -3.86. The van der Waals surface area contributed by atoms with Crippen LogP contribution in [0.2, 0.25) is 0 Å². The van der Waals surface area contributed by atoms with Crippen molar-refractivity contribution in [2.24, 2.45) is 11.5 Å². The maximum absolute atomic E-state index is 6.15. The van der Waals surface area contributed by atoms with Crippen molar-refractivity contribution in [2.75, 3.05) is 11.5 Å². The van der Waals surface area contributed by atoms with Crippen molar-refractivity contribution in [2.45, 2.75) is 12.1 Å². The van der Waals surface area contributed by atoms with Gasteiger partial charge in [0, 0.05) is 12.1 Å². The predicted octanol–water partition coefficient (Wildman–Crippen LogP) is 5.41. The van der Waals surface area contributed by atoms with Crippen LogP contribution in [0, 0.1) is 0 Å². The highest BCUT2D eigenvalue weighted by Crippen LogP contribution is 2.24. The van der Waals surface area contributed by atoms with Gasteiger partial charge in [0.05, 0.1) is 11.4 Å². The average Bonchev–Trinajstić information content (AvgIpc) is 2.86. The van der Waals surface area contributed by atoms with E-state index in [9.17, 15) is 0 Å². The number of nitrogens with two attached hydrogens (primary N) is 4. The molecule has 2 unspecified atom stereocenters. The largest absolute Gasteiger partial charge is 0.397 e. The lowest BCUT2D eigenvalue weighted by atomic mass is 9.95. The standard InChI is InChI=1S/C14H16N2.C14H14N2/c15-13(11-7-3-1-4-8-11)14(16)12-9-5-2-6-10-12;15-13-8-4-7-12(14(13)16)10-9-11-5-2-1-3-6-11/h1-10,13-14H,15-16H2;1-10H,15-16H2. The Bertz CT molecular complexity index is 1070. The Morgan fingerprint density at radius 2 is 0.969 bits per heavy atom. The minimum Gasteiger partial charge on any atom is -0.397 e. The van der Waals surface area contributed by atoms with Crippen LogP contribution < -0.4 is 22.9 Å². The van der Waals surface area contributed by atoms with Crippen LogP contribution in [-0.2, 0) is 0 Å². The summed E-state index contributed by atoms with van der Waals surface area (Å²) in [5.41, 5.74) is 29.4. The van der Waals surface area contributed by atoms with Gasteiger partial charge in [0.1, 0.15) is 0 Å². The lowest BCUT2D eigenvalue weighted by Gasteiger charge is -2.20. The number of hydrogen-bond donors (Lipinski definition) is 4. The van der Waals surface area contributed by atoms with Gasteiger partial charge in [-0.2, -0.15) is 0 Å². The Kier molecular flexibility index (Phi) is 8.21. The summed E-state index contributed by atoms with van der Waals surface area (Å²) in [6.07, 6.45) is 3.99. The Morgan fingerprint density at radius 1 is 0.500 bits per heavy atom. The minimum atomic E-state index is -0.163. The second-order valence-electron chi connectivity index (χ2n) is 7.47. The van der Waals surface area contributed by atoms with Gasteiger partial charge in [0.2, 0.25) is 0 Å². The normalized spacial score (nSPS) is 12.6. The lowest BCUT2D eigenvalue weighted by molar-refractivity contribution is 0.574. The van der Waals surface area contributed by atoms with Crippen molar-refractivity contribution in [3.63, 3.8) is 0 Å². The van der Waals surface area contributed by atoms with Crippen LogP contribution >= 0.6 is 0 Å². The molecule has 0 heterocycles. The molecule has 4 rings (SSSR count). The fraction of sp³-hybridized carbons (Fsp3) is 0.0714. The molecular weight excluding hydrogens is 392 g/mol. The monoisotopic (exact) mass is 422 g/mol. The fourth-order valence-corrected chi connectivity index (χ4v) is 3.26. The molecule has 0 saturated carbocycles. The van der Waals surface area contributed by atoms with Gasteiger partial charge in [-0.3, -0.25) is 0 Å². The van der Waals surface area contributed by atoms with Gasteiger partial charge in [-0.1, -0.05) is 115 Å². The first-order chi connectivity index (χ1) is 15.6. The second kappa shape index (κ2) is 11.5. The molecule has 32 heavy (non-hydrogen) atoms. The van der Waals surface area contributed by atoms with Crippen molar-refractivity contribution in [3.8, 4) is 0 Å². The molecular formula is C28H30N4. The summed E-state index contributed by atoms with van der Waals surface area (Å²) >= 11 is 0. The highest BCUT2D eigenvalue weighted by molar-refractivity contribution is 5.81. The third-order valence-corrected chi connectivity index (χ3v) is 5.18. The molecule has 0 fully saturated rings. The zero-order valence-electron chi connectivity index (χ0n) is 18.0. The van der Waals surface area contributed by atoms with E-state index >= 15 is 0 Å². The molecule has 0 amide bonds. The van der Waals surface area contributed by atoms with Crippen molar-refractivity contribution in [3.05, 3.63) is 131 Å². The summed E-state index contributed by atoms with van der Waals surface area (Å²) in [6, 6.07) is 35.3. The Labute approximate surface area is 190 Å². The molecule has 8 N–H and O–H groups in total. The zero-order chi connectivity index (χ0) is 22.8. The van der Waals surface area contributed by atoms with E-state index in [4.69, 9.17) is 22.9 Å². The van der Waals surface area contributed by atoms with E-state index in [-0.39, 0.29) is 12.1 Å². The van der Waals surface area contributed by atoms with Crippen LogP contribution in [0.3, 0.4) is 0 Å². The molecule has 4 aromatic carbocycles. The summed E-state index contributed by atoms with van der Waals surface area (Å²) in [5.74, 6) is 0. The smallest absolute Gasteiger partial charge is 0.0621 e. The van der Waals surface area contributed by atoms with Crippen LogP contribution in [0.1, 0.15) is 34.3 Å². The summed E-state index contributed by atoms with van der Waals surface area (Å²) in [4.78, 5) is 0. The SMILES string of the molecule is NC(c1ccccc1)C(N)c1ccccc1.Nc1cccc(C=Cc2ccccc2)c1N. The number of rotatable bonds is 5. The highest BCUT2D eigenvalue weighted by Gasteiger charge is 2.16. The molecule has 0 aliphatic heterocycles. The fourth-order valence-electron chi connectivity index (χ4n) is 3.26. The molecule has 4 heteroatoms. The summed E-state index contributed by atoms with van der Waals surface area (Å²) < 4.78 is 0. The molecule has 4 aromatic rings. The van der Waals surface area contributed by atoms with Crippen molar-refractivity contribution < 1.29 is 0 Å². The predicted molar refractivity (Wildman–Crippen MR) is 137 cm³/mol. The molecule has 0 radical (unpaired) electrons. The van der Waals surface area contributed by atoms with E-state index in [0.717, 1.165) is 22.3 Å². The van der Waals surface area contributed by atoms with Gasteiger partial charge in [-0.15, -0.1) is 0 Å². The van der Waals surface area contributed by atoms with Gasteiger partial charge in [-0.25, -0.2) is 0 Å². The maximum Gasteiger partial charge on any atom is 0.0621 e. The maximum atomic E-state index is 6.15. The Morgan fingerprint density at radius 3 is 1.47 bits per heavy atom. The van der Waals surface area contributed by atoms with E-state index in [1.807, 2.05) is 115 Å². The molecule has 4 nitrogen and oxygen atoms in total. The molecule has 162 valence electrons. The molecule has 0 saturated heterocycles. The van der Waals surface area contributed by atoms with Gasteiger partial charge >= 0.3 is 0 Å². The minimum absolute atomic E-state index is 0.163.